The molecule has 10 heteroatoms. The summed E-state index contributed by atoms with van der Waals surface area (Å²) in [6.45, 7) is 5.42. The van der Waals surface area contributed by atoms with Crippen molar-refractivity contribution in [3.05, 3.63) is 84.2 Å². The molecular weight excluding hydrogens is 546 g/mol. The van der Waals surface area contributed by atoms with E-state index in [1.54, 1.807) is 24.9 Å². The molecule has 0 spiro atoms. The molecule has 2 aromatic heterocycles. The number of nitrogens with zero attached hydrogens (tertiary/aromatic N) is 4. The minimum Gasteiger partial charge on any atom is -0.487 e. The van der Waals surface area contributed by atoms with Crippen molar-refractivity contribution >= 4 is 39.6 Å². The molecule has 6 rings (SSSR count). The monoisotopic (exact) mass is 579 g/mol. The van der Waals surface area contributed by atoms with Gasteiger partial charge in [-0.15, -0.1) is 0 Å². The van der Waals surface area contributed by atoms with Crippen LogP contribution in [0.4, 0.5) is 10.6 Å². The van der Waals surface area contributed by atoms with Crippen molar-refractivity contribution in [1.29, 1.82) is 0 Å². The number of benzene rings is 3. The van der Waals surface area contributed by atoms with E-state index in [1.807, 2.05) is 59.3 Å². The minimum atomic E-state index is -0.325. The number of nitrogen functional groups attached to an aromatic ring is 1. The van der Waals surface area contributed by atoms with Crippen LogP contribution in [0.2, 0.25) is 0 Å². The molecule has 1 saturated heterocycles. The first kappa shape index (κ1) is 28.0. The normalized spacial score (nSPS) is 13.2. The Morgan fingerprint density at radius 1 is 0.930 bits per heavy atom. The van der Waals surface area contributed by atoms with Crippen LogP contribution in [0.15, 0.2) is 72.9 Å². The number of aromatic nitrogens is 3. The second kappa shape index (κ2) is 12.0. The zero-order valence-electron chi connectivity index (χ0n) is 24.2. The Morgan fingerprint density at radius 2 is 1.67 bits per heavy atom. The van der Waals surface area contributed by atoms with Crippen LogP contribution in [0.25, 0.3) is 32.8 Å². The fourth-order valence-electron chi connectivity index (χ4n) is 5.43. The third-order valence-electron chi connectivity index (χ3n) is 7.64. The number of para-hydroxylation sites is 1. The van der Waals surface area contributed by atoms with Gasteiger partial charge in [0.05, 0.1) is 36.9 Å². The smallest absolute Gasteiger partial charge is 0.409 e. The number of fused-ring (bicyclic) bond motifs is 2. The maximum atomic E-state index is 12.3. The summed E-state index contributed by atoms with van der Waals surface area (Å²) < 4.78 is 18.6. The Kier molecular flexibility index (Phi) is 7.83. The molecule has 1 aliphatic rings. The molecule has 1 aliphatic heterocycles. The first-order valence-corrected chi connectivity index (χ1v) is 14.4. The first-order valence-electron chi connectivity index (χ1n) is 14.4. The van der Waals surface area contributed by atoms with Crippen molar-refractivity contribution in [3.63, 3.8) is 0 Å². The van der Waals surface area contributed by atoms with Crippen LogP contribution in [0.5, 0.6) is 5.75 Å². The Balaban J connectivity index is 1.35. The molecule has 5 aromatic rings. The van der Waals surface area contributed by atoms with Gasteiger partial charge in [0, 0.05) is 35.6 Å². The van der Waals surface area contributed by atoms with Crippen molar-refractivity contribution in [3.8, 4) is 16.9 Å². The number of carbonyl (C=O) groups is 2. The summed E-state index contributed by atoms with van der Waals surface area (Å²) in [5, 5.41) is 7.79. The number of pyridine rings is 1. The lowest BCUT2D eigenvalue weighted by molar-refractivity contribution is -0.142. The molecule has 1 amide bonds. The topological polar surface area (TPSA) is 122 Å². The predicted molar refractivity (Wildman–Crippen MR) is 164 cm³/mol. The summed E-state index contributed by atoms with van der Waals surface area (Å²) in [6.07, 6.45) is 1.50. The van der Waals surface area contributed by atoms with Gasteiger partial charge in [-0.2, -0.15) is 5.10 Å². The third kappa shape index (κ3) is 5.68. The summed E-state index contributed by atoms with van der Waals surface area (Å²) in [4.78, 5) is 30.4. The van der Waals surface area contributed by atoms with Crippen molar-refractivity contribution in [2.75, 3.05) is 32.0 Å². The van der Waals surface area contributed by atoms with Gasteiger partial charge < -0.3 is 24.8 Å². The number of ether oxygens (including phenoxy) is 3. The lowest BCUT2D eigenvalue weighted by atomic mass is 10.00. The van der Waals surface area contributed by atoms with E-state index in [4.69, 9.17) is 25.0 Å². The molecule has 3 heterocycles. The molecule has 3 aromatic carbocycles. The lowest BCUT2D eigenvalue weighted by Crippen LogP contribution is -2.51. The van der Waals surface area contributed by atoms with Crippen LogP contribution in [-0.2, 0) is 27.3 Å². The SMILES string of the molecule is CCOC(=O)Cc1ccccc1OCc1c2cc(-c3ccc4ccnc(N)c4c3)ccc2nn1C1CN(C(=O)OCC)C1. The average Bonchev–Trinajstić information content (AvgIpc) is 3.33. The van der Waals surface area contributed by atoms with Gasteiger partial charge in [0.2, 0.25) is 0 Å². The maximum Gasteiger partial charge on any atom is 0.409 e. The highest BCUT2D eigenvalue weighted by Crippen LogP contribution is 2.33. The van der Waals surface area contributed by atoms with Gasteiger partial charge in [-0.3, -0.25) is 9.48 Å². The highest BCUT2D eigenvalue weighted by Gasteiger charge is 2.35. The van der Waals surface area contributed by atoms with E-state index < -0.39 is 0 Å². The van der Waals surface area contributed by atoms with E-state index in [-0.39, 0.29) is 31.1 Å². The van der Waals surface area contributed by atoms with E-state index in [0.717, 1.165) is 44.1 Å². The van der Waals surface area contributed by atoms with Crippen LogP contribution < -0.4 is 10.5 Å². The van der Waals surface area contributed by atoms with E-state index in [9.17, 15) is 9.59 Å². The number of amides is 1. The molecule has 10 nitrogen and oxygen atoms in total. The van der Waals surface area contributed by atoms with Gasteiger partial charge in [0.25, 0.3) is 0 Å². The number of anilines is 1. The quantitative estimate of drug-likeness (QED) is 0.226. The van der Waals surface area contributed by atoms with Gasteiger partial charge in [-0.05, 0) is 60.7 Å². The van der Waals surface area contributed by atoms with Crippen molar-refractivity contribution in [1.82, 2.24) is 19.7 Å². The first-order chi connectivity index (χ1) is 20.9. The number of hydrogen-bond donors (Lipinski definition) is 1. The van der Waals surface area contributed by atoms with Crippen LogP contribution in [0.1, 0.15) is 31.1 Å². The molecule has 0 atom stereocenters. The van der Waals surface area contributed by atoms with Crippen LogP contribution in [0.3, 0.4) is 0 Å². The molecule has 0 radical (unpaired) electrons. The Morgan fingerprint density at radius 3 is 2.47 bits per heavy atom. The second-order valence-electron chi connectivity index (χ2n) is 10.4. The second-order valence-corrected chi connectivity index (χ2v) is 10.4. The standard InChI is InChI=1S/C33H33N5O5/c1-3-41-31(39)17-24-7-5-6-8-30(24)43-20-29-27-16-23(22-10-9-21-13-14-35-32(34)26(21)15-22)11-12-28(27)36-38(29)25-18-37(19-25)33(40)42-4-2/h5-16,25H,3-4,17-20H2,1-2H3,(H2,34,35). The van der Waals surface area contributed by atoms with E-state index in [0.29, 0.717) is 37.9 Å². The Labute approximate surface area is 249 Å². The number of esters is 1. The largest absolute Gasteiger partial charge is 0.487 e. The molecular formula is C33H33N5O5. The zero-order valence-corrected chi connectivity index (χ0v) is 24.2. The van der Waals surface area contributed by atoms with Crippen molar-refractivity contribution in [2.45, 2.75) is 32.9 Å². The summed E-state index contributed by atoms with van der Waals surface area (Å²) in [6, 6.07) is 21.7. The van der Waals surface area contributed by atoms with Crippen LogP contribution in [0, 0.1) is 0 Å². The fraction of sp³-hybridized carbons (Fsp3) is 0.273. The number of rotatable bonds is 9. The summed E-state index contributed by atoms with van der Waals surface area (Å²) in [7, 11) is 0. The van der Waals surface area contributed by atoms with E-state index in [1.165, 1.54) is 0 Å². The summed E-state index contributed by atoms with van der Waals surface area (Å²) in [5.41, 5.74) is 10.6. The van der Waals surface area contributed by atoms with Gasteiger partial charge in [0.1, 0.15) is 18.2 Å². The summed E-state index contributed by atoms with van der Waals surface area (Å²) >= 11 is 0. The van der Waals surface area contributed by atoms with Gasteiger partial charge in [-0.25, -0.2) is 9.78 Å². The summed E-state index contributed by atoms with van der Waals surface area (Å²) in [5.74, 6) is 0.783. The van der Waals surface area contributed by atoms with E-state index in [2.05, 4.69) is 17.1 Å². The molecule has 1 fully saturated rings. The third-order valence-corrected chi connectivity index (χ3v) is 7.64. The minimum absolute atomic E-state index is 0.0276. The number of likely N-dealkylation sites (tertiary alicyclic amines) is 1. The molecule has 2 N–H and O–H groups in total. The lowest BCUT2D eigenvalue weighted by Gasteiger charge is -2.38. The molecule has 0 aliphatic carbocycles. The predicted octanol–water partition coefficient (Wildman–Crippen LogP) is 5.53. The Hall–Kier alpha value is -5.12. The van der Waals surface area contributed by atoms with Crippen LogP contribution in [-0.4, -0.2) is 58.0 Å². The highest BCUT2D eigenvalue weighted by molar-refractivity contribution is 5.95. The number of carbonyl (C=O) groups excluding carboxylic acids is 2. The van der Waals surface area contributed by atoms with Crippen molar-refractivity contribution in [2.24, 2.45) is 0 Å². The van der Waals surface area contributed by atoms with E-state index >= 15 is 0 Å². The van der Waals surface area contributed by atoms with Gasteiger partial charge in [-0.1, -0.05) is 36.4 Å². The van der Waals surface area contributed by atoms with Crippen LogP contribution >= 0.6 is 0 Å². The van der Waals surface area contributed by atoms with Crippen molar-refractivity contribution < 1.29 is 23.8 Å². The van der Waals surface area contributed by atoms with Gasteiger partial charge >= 0.3 is 12.1 Å². The Bertz CT molecular complexity index is 1810. The zero-order chi connectivity index (χ0) is 29.9. The maximum absolute atomic E-state index is 12.3. The number of hydrogen-bond acceptors (Lipinski definition) is 8. The number of nitrogens with two attached hydrogens (primary N) is 1. The average molecular weight is 580 g/mol. The highest BCUT2D eigenvalue weighted by atomic mass is 16.6. The van der Waals surface area contributed by atoms with Gasteiger partial charge in [0.15, 0.2) is 0 Å². The molecule has 0 unspecified atom stereocenters. The molecule has 0 bridgehead atoms. The molecule has 220 valence electrons. The fourth-order valence-corrected chi connectivity index (χ4v) is 5.43. The molecule has 43 heavy (non-hydrogen) atoms. The molecule has 0 saturated carbocycles.